The summed E-state index contributed by atoms with van der Waals surface area (Å²) in [7, 11) is 0. The average molecular weight is 279 g/mol. The van der Waals surface area contributed by atoms with Crippen LogP contribution in [-0.2, 0) is 4.74 Å². The minimum atomic E-state index is -0.465. The molecule has 2 aliphatic rings. The first-order valence-corrected chi connectivity index (χ1v) is 8.10. The minimum absolute atomic E-state index is 0.0120. The number of aliphatic hydroxyl groups excluding tert-OH is 1. The minimum Gasteiger partial charge on any atom is -0.398 e. The highest BCUT2D eigenvalue weighted by molar-refractivity contribution is 7.99. The second kappa shape index (κ2) is 5.35. The molecule has 0 saturated carbocycles. The fourth-order valence-electron chi connectivity index (χ4n) is 3.23. The number of thioether (sulfide) groups is 1. The maximum atomic E-state index is 10.6. The first-order valence-electron chi connectivity index (χ1n) is 6.94. The van der Waals surface area contributed by atoms with Gasteiger partial charge in [0.05, 0.1) is 11.7 Å². The molecule has 3 unspecified atom stereocenters. The third-order valence-electron chi connectivity index (χ3n) is 4.36. The number of para-hydroxylation sites is 1. The smallest absolute Gasteiger partial charge is 0.0839 e. The molecule has 0 aromatic heterocycles. The summed E-state index contributed by atoms with van der Waals surface area (Å²) in [6.07, 6.45) is 2.52. The number of anilines is 1. The topological polar surface area (TPSA) is 55.5 Å². The normalized spacial score (nSPS) is 32.6. The Kier molecular flexibility index (Phi) is 3.74. The second-order valence-corrected chi connectivity index (χ2v) is 6.77. The highest BCUT2D eigenvalue weighted by atomic mass is 32.2. The summed E-state index contributed by atoms with van der Waals surface area (Å²) in [5, 5.41) is 10.6. The van der Waals surface area contributed by atoms with Crippen LogP contribution in [0.5, 0.6) is 0 Å². The quantitative estimate of drug-likeness (QED) is 0.817. The van der Waals surface area contributed by atoms with Crippen LogP contribution in [0.4, 0.5) is 5.69 Å². The van der Waals surface area contributed by atoms with Crippen LogP contribution in [0, 0.1) is 5.92 Å². The van der Waals surface area contributed by atoms with Gasteiger partial charge in [-0.1, -0.05) is 18.2 Å². The third-order valence-corrected chi connectivity index (χ3v) is 5.58. The van der Waals surface area contributed by atoms with Crippen molar-refractivity contribution in [3.8, 4) is 0 Å². The summed E-state index contributed by atoms with van der Waals surface area (Å²) >= 11 is 1.96. The lowest BCUT2D eigenvalue weighted by molar-refractivity contribution is -0.102. The number of hydrogen-bond donors (Lipinski definition) is 2. The summed E-state index contributed by atoms with van der Waals surface area (Å²) in [6, 6.07) is 7.64. The van der Waals surface area contributed by atoms with Gasteiger partial charge in [-0.2, -0.15) is 11.8 Å². The van der Waals surface area contributed by atoms with E-state index in [9.17, 15) is 5.11 Å². The highest BCUT2D eigenvalue weighted by Crippen LogP contribution is 2.44. The fourth-order valence-corrected chi connectivity index (χ4v) is 4.61. The van der Waals surface area contributed by atoms with Gasteiger partial charge in [-0.25, -0.2) is 0 Å². The SMILES string of the molecule is Nc1ccccc1C(O)C1CCOC2(CCSC2)C1. The van der Waals surface area contributed by atoms with Gasteiger partial charge < -0.3 is 15.6 Å². The largest absolute Gasteiger partial charge is 0.398 e. The standard InChI is InChI=1S/C15H21NO2S/c16-13-4-2-1-3-12(13)14(17)11-5-7-18-15(9-11)6-8-19-10-15/h1-4,11,14,17H,5-10,16H2. The molecule has 1 aromatic rings. The van der Waals surface area contributed by atoms with Gasteiger partial charge in [0.2, 0.25) is 0 Å². The molecule has 3 rings (SSSR count). The zero-order chi connectivity index (χ0) is 13.3. The van der Waals surface area contributed by atoms with Crippen LogP contribution >= 0.6 is 11.8 Å². The van der Waals surface area contributed by atoms with Gasteiger partial charge in [-0.05, 0) is 37.0 Å². The number of benzene rings is 1. The Labute approximate surface area is 118 Å². The van der Waals surface area contributed by atoms with Crippen molar-refractivity contribution >= 4 is 17.4 Å². The summed E-state index contributed by atoms with van der Waals surface area (Å²) in [4.78, 5) is 0. The number of hydrogen-bond acceptors (Lipinski definition) is 4. The van der Waals surface area contributed by atoms with E-state index >= 15 is 0 Å². The molecule has 4 heteroatoms. The maximum Gasteiger partial charge on any atom is 0.0839 e. The molecule has 2 saturated heterocycles. The van der Waals surface area contributed by atoms with Crippen LogP contribution in [0.15, 0.2) is 24.3 Å². The Bertz CT molecular complexity index is 446. The van der Waals surface area contributed by atoms with Crippen molar-refractivity contribution in [2.24, 2.45) is 5.92 Å². The van der Waals surface area contributed by atoms with Gasteiger partial charge in [-0.3, -0.25) is 0 Å². The van der Waals surface area contributed by atoms with Gasteiger partial charge in [0.25, 0.3) is 0 Å². The van der Waals surface area contributed by atoms with E-state index in [0.717, 1.165) is 37.2 Å². The predicted molar refractivity (Wildman–Crippen MR) is 79.2 cm³/mol. The van der Waals surface area contributed by atoms with Crippen LogP contribution in [-0.4, -0.2) is 28.8 Å². The molecule has 3 atom stereocenters. The molecule has 19 heavy (non-hydrogen) atoms. The van der Waals surface area contributed by atoms with E-state index in [-0.39, 0.29) is 11.5 Å². The zero-order valence-electron chi connectivity index (χ0n) is 11.0. The molecule has 1 spiro atoms. The third kappa shape index (κ3) is 2.62. The molecule has 2 fully saturated rings. The molecule has 104 valence electrons. The molecule has 0 aliphatic carbocycles. The van der Waals surface area contributed by atoms with Crippen molar-refractivity contribution in [2.75, 3.05) is 23.8 Å². The summed E-state index contributed by atoms with van der Waals surface area (Å²) in [5.41, 5.74) is 7.55. The molecule has 3 N–H and O–H groups in total. The Morgan fingerprint density at radius 3 is 3.00 bits per heavy atom. The van der Waals surface area contributed by atoms with Crippen LogP contribution < -0.4 is 5.73 Å². The van der Waals surface area contributed by atoms with E-state index in [1.54, 1.807) is 0 Å². The molecule has 2 heterocycles. The number of ether oxygens (including phenoxy) is 1. The monoisotopic (exact) mass is 279 g/mol. The lowest BCUT2D eigenvalue weighted by atomic mass is 9.80. The second-order valence-electron chi connectivity index (χ2n) is 5.66. The van der Waals surface area contributed by atoms with Crippen molar-refractivity contribution in [1.82, 2.24) is 0 Å². The number of nitrogen functional groups attached to an aromatic ring is 1. The molecular formula is C15H21NO2S. The van der Waals surface area contributed by atoms with E-state index in [1.807, 2.05) is 36.0 Å². The zero-order valence-corrected chi connectivity index (χ0v) is 11.9. The van der Waals surface area contributed by atoms with Gasteiger partial charge in [-0.15, -0.1) is 0 Å². The Morgan fingerprint density at radius 2 is 2.26 bits per heavy atom. The van der Waals surface area contributed by atoms with E-state index < -0.39 is 6.10 Å². The fraction of sp³-hybridized carbons (Fsp3) is 0.600. The van der Waals surface area contributed by atoms with E-state index in [0.29, 0.717) is 5.69 Å². The number of rotatable bonds is 2. The molecule has 0 radical (unpaired) electrons. The average Bonchev–Trinajstić information content (AvgIpc) is 2.86. The molecule has 1 aromatic carbocycles. The summed E-state index contributed by atoms with van der Waals surface area (Å²) < 4.78 is 6.01. The van der Waals surface area contributed by atoms with Crippen molar-refractivity contribution in [2.45, 2.75) is 31.0 Å². The summed E-state index contributed by atoms with van der Waals surface area (Å²) in [6.45, 7) is 0.759. The Hall–Kier alpha value is -0.710. The number of nitrogens with two attached hydrogens (primary N) is 1. The first kappa shape index (κ1) is 13.3. The lowest BCUT2D eigenvalue weighted by Crippen LogP contribution is -2.41. The van der Waals surface area contributed by atoms with Gasteiger partial charge in [0, 0.05) is 23.6 Å². The Balaban J connectivity index is 1.76. The molecule has 0 amide bonds. The molecule has 3 nitrogen and oxygen atoms in total. The highest BCUT2D eigenvalue weighted by Gasteiger charge is 2.42. The van der Waals surface area contributed by atoms with E-state index in [2.05, 4.69) is 0 Å². The number of aliphatic hydroxyl groups is 1. The summed E-state index contributed by atoms with van der Waals surface area (Å²) in [5.74, 6) is 2.51. The van der Waals surface area contributed by atoms with Crippen LogP contribution in [0.25, 0.3) is 0 Å². The van der Waals surface area contributed by atoms with Gasteiger partial charge >= 0.3 is 0 Å². The molecular weight excluding hydrogens is 258 g/mol. The van der Waals surface area contributed by atoms with Crippen molar-refractivity contribution in [3.63, 3.8) is 0 Å². The van der Waals surface area contributed by atoms with Crippen LogP contribution in [0.2, 0.25) is 0 Å². The predicted octanol–water partition coefficient (Wildman–Crippen LogP) is 2.60. The first-order chi connectivity index (χ1) is 9.20. The van der Waals surface area contributed by atoms with Gasteiger partial charge in [0.15, 0.2) is 0 Å². The molecule has 2 aliphatic heterocycles. The van der Waals surface area contributed by atoms with E-state index in [4.69, 9.17) is 10.5 Å². The van der Waals surface area contributed by atoms with Crippen molar-refractivity contribution in [3.05, 3.63) is 29.8 Å². The maximum absolute atomic E-state index is 10.6. The molecule has 0 bridgehead atoms. The van der Waals surface area contributed by atoms with Crippen molar-refractivity contribution < 1.29 is 9.84 Å². The Morgan fingerprint density at radius 1 is 1.42 bits per heavy atom. The van der Waals surface area contributed by atoms with Crippen LogP contribution in [0.3, 0.4) is 0 Å². The van der Waals surface area contributed by atoms with E-state index in [1.165, 1.54) is 5.75 Å². The lowest BCUT2D eigenvalue weighted by Gasteiger charge is -2.39. The van der Waals surface area contributed by atoms with Gasteiger partial charge in [0.1, 0.15) is 0 Å². The van der Waals surface area contributed by atoms with Crippen LogP contribution in [0.1, 0.15) is 30.9 Å². The van der Waals surface area contributed by atoms with Crippen molar-refractivity contribution in [1.29, 1.82) is 0 Å².